The molecule has 0 saturated carbocycles. The standard InChI is InChI=1S/C20H27N3O4/c1-3-23(4-2)19-14-18(27-22-19)16-9-8-15(13-17(16)24)25-11-6-5-7-20-21-10-12-26-20/h8-9,13-14,24H,3-7,10-12H2,1-2H3. The fourth-order valence-electron chi connectivity index (χ4n) is 3.00. The van der Waals surface area contributed by atoms with E-state index in [9.17, 15) is 5.11 Å². The summed E-state index contributed by atoms with van der Waals surface area (Å²) in [4.78, 5) is 6.36. The molecule has 146 valence electrons. The molecule has 0 radical (unpaired) electrons. The second-order valence-electron chi connectivity index (χ2n) is 6.33. The fraction of sp³-hybridized carbons (Fsp3) is 0.500. The van der Waals surface area contributed by atoms with E-state index >= 15 is 0 Å². The van der Waals surface area contributed by atoms with Crippen LogP contribution in [0, 0.1) is 0 Å². The van der Waals surface area contributed by atoms with Crippen molar-refractivity contribution in [3.63, 3.8) is 0 Å². The molecule has 0 amide bonds. The molecule has 0 saturated heterocycles. The molecule has 2 aromatic rings. The van der Waals surface area contributed by atoms with Crippen molar-refractivity contribution in [3.05, 3.63) is 24.3 Å². The molecule has 27 heavy (non-hydrogen) atoms. The van der Waals surface area contributed by atoms with Gasteiger partial charge in [-0.25, -0.2) is 0 Å². The van der Waals surface area contributed by atoms with Crippen LogP contribution in [0.25, 0.3) is 11.3 Å². The van der Waals surface area contributed by atoms with E-state index in [1.807, 2.05) is 12.1 Å². The zero-order valence-electron chi connectivity index (χ0n) is 16.0. The molecule has 1 aromatic heterocycles. The number of hydrogen-bond acceptors (Lipinski definition) is 7. The van der Waals surface area contributed by atoms with Crippen LogP contribution in [0.1, 0.15) is 33.1 Å². The molecule has 0 unspecified atom stereocenters. The Bertz CT molecular complexity index is 768. The monoisotopic (exact) mass is 373 g/mol. The van der Waals surface area contributed by atoms with Crippen LogP contribution in [0.2, 0.25) is 0 Å². The number of aromatic nitrogens is 1. The van der Waals surface area contributed by atoms with Gasteiger partial charge in [-0.1, -0.05) is 5.16 Å². The lowest BCUT2D eigenvalue weighted by atomic mass is 10.1. The molecule has 0 aliphatic carbocycles. The lowest BCUT2D eigenvalue weighted by molar-refractivity contribution is 0.301. The number of rotatable bonds is 10. The van der Waals surface area contributed by atoms with Crippen molar-refractivity contribution < 1.29 is 19.1 Å². The molecule has 2 heterocycles. The zero-order chi connectivity index (χ0) is 19.1. The Labute approximate surface area is 159 Å². The van der Waals surface area contributed by atoms with Gasteiger partial charge in [-0.15, -0.1) is 0 Å². The van der Waals surface area contributed by atoms with Crippen molar-refractivity contribution in [1.82, 2.24) is 5.16 Å². The highest BCUT2D eigenvalue weighted by Gasteiger charge is 2.14. The van der Waals surface area contributed by atoms with Gasteiger partial charge in [-0.3, -0.25) is 4.99 Å². The molecule has 3 rings (SSSR count). The maximum absolute atomic E-state index is 10.3. The van der Waals surface area contributed by atoms with E-state index in [1.54, 1.807) is 12.1 Å². The SMILES string of the molecule is CCN(CC)c1cc(-c2ccc(OCCCCC3=NCCO3)cc2O)on1. The molecular formula is C20H27N3O4. The minimum Gasteiger partial charge on any atom is -0.507 e. The molecule has 0 atom stereocenters. The Morgan fingerprint density at radius 1 is 1.19 bits per heavy atom. The molecule has 1 aromatic carbocycles. The summed E-state index contributed by atoms with van der Waals surface area (Å²) in [6.07, 6.45) is 2.73. The van der Waals surface area contributed by atoms with E-state index in [0.717, 1.165) is 50.6 Å². The van der Waals surface area contributed by atoms with Gasteiger partial charge in [0.05, 0.1) is 18.7 Å². The highest BCUT2D eigenvalue weighted by Crippen LogP contribution is 2.34. The lowest BCUT2D eigenvalue weighted by Crippen LogP contribution is -2.21. The van der Waals surface area contributed by atoms with Crippen LogP contribution in [-0.4, -0.2) is 49.0 Å². The Balaban J connectivity index is 1.52. The van der Waals surface area contributed by atoms with Gasteiger partial charge in [0, 0.05) is 31.6 Å². The van der Waals surface area contributed by atoms with Gasteiger partial charge in [-0.2, -0.15) is 0 Å². The number of hydrogen-bond donors (Lipinski definition) is 1. The number of ether oxygens (including phenoxy) is 2. The van der Waals surface area contributed by atoms with Gasteiger partial charge in [0.25, 0.3) is 0 Å². The summed E-state index contributed by atoms with van der Waals surface area (Å²) < 4.78 is 16.5. The van der Waals surface area contributed by atoms with Gasteiger partial charge in [0.15, 0.2) is 17.5 Å². The van der Waals surface area contributed by atoms with E-state index < -0.39 is 0 Å². The summed E-state index contributed by atoms with van der Waals surface area (Å²) >= 11 is 0. The first-order valence-electron chi connectivity index (χ1n) is 9.55. The summed E-state index contributed by atoms with van der Waals surface area (Å²) in [5, 5.41) is 14.4. The maximum Gasteiger partial charge on any atom is 0.183 e. The molecule has 7 heteroatoms. The van der Waals surface area contributed by atoms with Crippen LogP contribution in [0.3, 0.4) is 0 Å². The molecule has 1 aliphatic rings. The number of phenols is 1. The largest absolute Gasteiger partial charge is 0.507 e. The van der Waals surface area contributed by atoms with Crippen molar-refractivity contribution >= 4 is 11.7 Å². The molecule has 0 fully saturated rings. The molecule has 1 aliphatic heterocycles. The van der Waals surface area contributed by atoms with E-state index in [0.29, 0.717) is 30.3 Å². The van der Waals surface area contributed by atoms with Gasteiger partial charge in [0.1, 0.15) is 18.1 Å². The highest BCUT2D eigenvalue weighted by atomic mass is 16.5. The number of nitrogens with zero attached hydrogens (tertiary/aromatic N) is 3. The van der Waals surface area contributed by atoms with Crippen molar-refractivity contribution in [2.75, 3.05) is 37.7 Å². The zero-order valence-corrected chi connectivity index (χ0v) is 16.0. The highest BCUT2D eigenvalue weighted by molar-refractivity contribution is 5.77. The lowest BCUT2D eigenvalue weighted by Gasteiger charge is -2.15. The summed E-state index contributed by atoms with van der Waals surface area (Å²) in [6.45, 7) is 7.89. The number of unbranched alkanes of at least 4 members (excludes halogenated alkanes) is 1. The number of aromatic hydroxyl groups is 1. The van der Waals surface area contributed by atoms with E-state index in [4.69, 9.17) is 14.0 Å². The first kappa shape index (κ1) is 19.1. The second kappa shape index (κ2) is 9.30. The van der Waals surface area contributed by atoms with E-state index in [-0.39, 0.29) is 5.75 Å². The van der Waals surface area contributed by atoms with Crippen LogP contribution in [0.5, 0.6) is 11.5 Å². The molecule has 1 N–H and O–H groups in total. The predicted octanol–water partition coefficient (Wildman–Crippen LogP) is 3.87. The maximum atomic E-state index is 10.3. The molecule has 0 bridgehead atoms. The van der Waals surface area contributed by atoms with Crippen LogP contribution in [0.15, 0.2) is 33.8 Å². The summed E-state index contributed by atoms with van der Waals surface area (Å²) in [5.41, 5.74) is 0.602. The summed E-state index contributed by atoms with van der Waals surface area (Å²) in [5.74, 6) is 2.91. The van der Waals surface area contributed by atoms with Crippen molar-refractivity contribution in [2.24, 2.45) is 4.99 Å². The third-order valence-corrected chi connectivity index (χ3v) is 4.52. The van der Waals surface area contributed by atoms with E-state index in [1.165, 1.54) is 0 Å². The minimum atomic E-state index is 0.114. The predicted molar refractivity (Wildman–Crippen MR) is 105 cm³/mol. The average Bonchev–Trinajstić information content (AvgIpc) is 3.35. The Kier molecular flexibility index (Phi) is 6.57. The summed E-state index contributed by atoms with van der Waals surface area (Å²) in [6, 6.07) is 7.08. The quantitative estimate of drug-likeness (QED) is 0.637. The first-order valence-corrected chi connectivity index (χ1v) is 9.55. The second-order valence-corrected chi connectivity index (χ2v) is 6.33. The Hall–Kier alpha value is -2.70. The Morgan fingerprint density at radius 3 is 2.74 bits per heavy atom. The van der Waals surface area contributed by atoms with Crippen molar-refractivity contribution in [3.8, 4) is 22.8 Å². The van der Waals surface area contributed by atoms with Crippen LogP contribution in [-0.2, 0) is 4.74 Å². The third kappa shape index (κ3) is 4.93. The number of anilines is 1. The smallest absolute Gasteiger partial charge is 0.183 e. The normalized spacial score (nSPS) is 13.3. The average molecular weight is 373 g/mol. The van der Waals surface area contributed by atoms with Crippen molar-refractivity contribution in [2.45, 2.75) is 33.1 Å². The fourth-order valence-corrected chi connectivity index (χ4v) is 3.00. The van der Waals surface area contributed by atoms with Gasteiger partial charge in [0.2, 0.25) is 0 Å². The van der Waals surface area contributed by atoms with E-state index in [2.05, 4.69) is 28.9 Å². The van der Waals surface area contributed by atoms with Crippen molar-refractivity contribution in [1.29, 1.82) is 0 Å². The number of aliphatic imine (C=N–C) groups is 1. The topological polar surface area (TPSA) is 80.3 Å². The minimum absolute atomic E-state index is 0.114. The van der Waals surface area contributed by atoms with Gasteiger partial charge < -0.3 is 24.0 Å². The van der Waals surface area contributed by atoms with Crippen LogP contribution >= 0.6 is 0 Å². The molecular weight excluding hydrogens is 346 g/mol. The van der Waals surface area contributed by atoms with Crippen LogP contribution < -0.4 is 9.64 Å². The van der Waals surface area contributed by atoms with Crippen LogP contribution in [0.4, 0.5) is 5.82 Å². The number of phenolic OH excluding ortho intramolecular Hbond substituents is 1. The van der Waals surface area contributed by atoms with Gasteiger partial charge >= 0.3 is 0 Å². The molecule has 7 nitrogen and oxygen atoms in total. The number of benzene rings is 1. The Morgan fingerprint density at radius 2 is 2.04 bits per heavy atom. The van der Waals surface area contributed by atoms with Gasteiger partial charge in [-0.05, 0) is 38.8 Å². The molecule has 0 spiro atoms. The third-order valence-electron chi connectivity index (χ3n) is 4.52. The first-order chi connectivity index (χ1) is 13.2. The summed E-state index contributed by atoms with van der Waals surface area (Å²) in [7, 11) is 0.